The summed E-state index contributed by atoms with van der Waals surface area (Å²) in [5.74, 6) is 2.15. The van der Waals surface area contributed by atoms with Gasteiger partial charge >= 0.3 is 0 Å². The zero-order chi connectivity index (χ0) is 13.5. The first-order valence-corrected chi connectivity index (χ1v) is 6.50. The van der Waals surface area contributed by atoms with Crippen molar-refractivity contribution >= 4 is 11.6 Å². The third kappa shape index (κ3) is 3.84. The molecule has 1 unspecified atom stereocenters. The smallest absolute Gasteiger partial charge is 0.135 e. The minimum Gasteiger partial charge on any atom is -0.383 e. The Hall–Kier alpha value is -1.36. The minimum atomic E-state index is 0.262. The summed E-state index contributed by atoms with van der Waals surface area (Å²) in [5.41, 5.74) is 6.81. The van der Waals surface area contributed by atoms with Crippen LogP contribution in [-0.2, 0) is 11.2 Å². The Bertz CT molecular complexity index is 375. The summed E-state index contributed by atoms with van der Waals surface area (Å²) in [6.45, 7) is 6.78. The maximum atomic E-state index is 5.90. The highest BCUT2D eigenvalue weighted by molar-refractivity contribution is 5.55. The first-order chi connectivity index (χ1) is 8.62. The van der Waals surface area contributed by atoms with Crippen LogP contribution in [-0.4, -0.2) is 29.7 Å². The van der Waals surface area contributed by atoms with Crippen molar-refractivity contribution in [2.24, 2.45) is 0 Å². The molecular formula is C13H24N4O. The van der Waals surface area contributed by atoms with E-state index < -0.39 is 0 Å². The zero-order valence-corrected chi connectivity index (χ0v) is 11.8. The molecule has 0 saturated carbocycles. The van der Waals surface area contributed by atoms with Crippen molar-refractivity contribution < 1.29 is 4.74 Å². The monoisotopic (exact) mass is 252 g/mol. The van der Waals surface area contributed by atoms with E-state index in [4.69, 9.17) is 10.5 Å². The molecule has 3 N–H and O–H groups in total. The lowest BCUT2D eigenvalue weighted by Gasteiger charge is -2.20. The molecule has 5 nitrogen and oxygen atoms in total. The molecule has 1 atom stereocenters. The average Bonchev–Trinajstić information content (AvgIpc) is 2.35. The third-order valence-electron chi connectivity index (χ3n) is 2.89. The molecule has 0 aliphatic carbocycles. The number of nitrogen functional groups attached to an aromatic ring is 1. The Labute approximate surface area is 109 Å². The molecule has 0 amide bonds. The van der Waals surface area contributed by atoms with E-state index in [1.54, 1.807) is 7.11 Å². The number of ether oxygens (including phenoxy) is 1. The van der Waals surface area contributed by atoms with Crippen LogP contribution in [0.2, 0.25) is 0 Å². The van der Waals surface area contributed by atoms with Crippen LogP contribution in [0.15, 0.2) is 0 Å². The van der Waals surface area contributed by atoms with Gasteiger partial charge in [0.05, 0.1) is 12.6 Å². The quantitative estimate of drug-likeness (QED) is 0.778. The fourth-order valence-electron chi connectivity index (χ4n) is 1.82. The van der Waals surface area contributed by atoms with Gasteiger partial charge in [-0.25, -0.2) is 9.97 Å². The van der Waals surface area contributed by atoms with Crippen molar-refractivity contribution in [1.82, 2.24) is 9.97 Å². The van der Waals surface area contributed by atoms with Gasteiger partial charge in [0, 0.05) is 19.1 Å². The SMILES string of the molecule is CCCC(COC)Nc1nc(CC)nc(N)c1C. The number of hydrogen-bond donors (Lipinski definition) is 2. The Morgan fingerprint density at radius 3 is 2.61 bits per heavy atom. The first kappa shape index (κ1) is 14.7. The summed E-state index contributed by atoms with van der Waals surface area (Å²) in [6.07, 6.45) is 2.92. The van der Waals surface area contributed by atoms with Crippen LogP contribution in [0.1, 0.15) is 38.1 Å². The molecule has 1 aromatic heterocycles. The molecule has 0 spiro atoms. The Kier molecular flexibility index (Phi) is 5.85. The fourth-order valence-corrected chi connectivity index (χ4v) is 1.82. The van der Waals surface area contributed by atoms with Crippen LogP contribution in [0.25, 0.3) is 0 Å². The Morgan fingerprint density at radius 1 is 1.33 bits per heavy atom. The van der Waals surface area contributed by atoms with E-state index in [9.17, 15) is 0 Å². The number of aromatic nitrogens is 2. The molecule has 5 heteroatoms. The van der Waals surface area contributed by atoms with Gasteiger partial charge in [0.15, 0.2) is 0 Å². The molecule has 0 aromatic carbocycles. The van der Waals surface area contributed by atoms with E-state index in [1.807, 2.05) is 13.8 Å². The summed E-state index contributed by atoms with van der Waals surface area (Å²) in [4.78, 5) is 8.74. The molecule has 18 heavy (non-hydrogen) atoms. The second-order valence-electron chi connectivity index (χ2n) is 4.44. The first-order valence-electron chi connectivity index (χ1n) is 6.50. The Balaban J connectivity index is 2.89. The lowest BCUT2D eigenvalue weighted by molar-refractivity contribution is 0.182. The average molecular weight is 252 g/mol. The molecular weight excluding hydrogens is 228 g/mol. The summed E-state index contributed by atoms with van der Waals surface area (Å²) >= 11 is 0. The van der Waals surface area contributed by atoms with Crippen LogP contribution < -0.4 is 11.1 Å². The van der Waals surface area contributed by atoms with E-state index in [1.165, 1.54) is 0 Å². The fraction of sp³-hybridized carbons (Fsp3) is 0.692. The van der Waals surface area contributed by atoms with Crippen molar-refractivity contribution in [2.75, 3.05) is 24.8 Å². The number of nitrogens with one attached hydrogen (secondary N) is 1. The van der Waals surface area contributed by atoms with E-state index in [0.717, 1.165) is 36.5 Å². The van der Waals surface area contributed by atoms with Crippen molar-refractivity contribution in [2.45, 2.75) is 46.1 Å². The molecule has 0 radical (unpaired) electrons. The molecule has 1 heterocycles. The van der Waals surface area contributed by atoms with E-state index >= 15 is 0 Å². The molecule has 0 aliphatic rings. The second-order valence-corrected chi connectivity index (χ2v) is 4.44. The van der Waals surface area contributed by atoms with Gasteiger partial charge in [0.1, 0.15) is 17.5 Å². The minimum absolute atomic E-state index is 0.262. The third-order valence-corrected chi connectivity index (χ3v) is 2.89. The van der Waals surface area contributed by atoms with E-state index in [2.05, 4.69) is 22.2 Å². The van der Waals surface area contributed by atoms with Gasteiger partial charge in [-0.1, -0.05) is 20.3 Å². The molecule has 0 bridgehead atoms. The molecule has 102 valence electrons. The highest BCUT2D eigenvalue weighted by Crippen LogP contribution is 2.19. The van der Waals surface area contributed by atoms with E-state index in [-0.39, 0.29) is 6.04 Å². The summed E-state index contributed by atoms with van der Waals surface area (Å²) < 4.78 is 5.22. The van der Waals surface area contributed by atoms with Crippen LogP contribution in [0.3, 0.4) is 0 Å². The summed E-state index contributed by atoms with van der Waals surface area (Å²) in [5, 5.41) is 3.41. The van der Waals surface area contributed by atoms with Gasteiger partial charge in [0.2, 0.25) is 0 Å². The maximum Gasteiger partial charge on any atom is 0.135 e. The van der Waals surface area contributed by atoms with Crippen molar-refractivity contribution in [1.29, 1.82) is 0 Å². The second kappa shape index (κ2) is 7.16. The number of nitrogens with two attached hydrogens (primary N) is 1. The number of anilines is 2. The molecule has 1 rings (SSSR count). The van der Waals surface area contributed by atoms with Crippen molar-refractivity contribution in [3.8, 4) is 0 Å². The van der Waals surface area contributed by atoms with Crippen LogP contribution >= 0.6 is 0 Å². The van der Waals surface area contributed by atoms with Crippen LogP contribution in [0.5, 0.6) is 0 Å². The van der Waals surface area contributed by atoms with Crippen molar-refractivity contribution in [3.05, 3.63) is 11.4 Å². The number of rotatable bonds is 7. The van der Waals surface area contributed by atoms with E-state index in [0.29, 0.717) is 12.4 Å². The van der Waals surface area contributed by atoms with Gasteiger partial charge in [-0.2, -0.15) is 0 Å². The standard InChI is InChI=1S/C13H24N4O/c1-5-7-10(8-18-4)15-13-9(3)12(14)16-11(6-2)17-13/h10H,5-8H2,1-4H3,(H3,14,15,16,17). The van der Waals surface area contributed by atoms with Crippen molar-refractivity contribution in [3.63, 3.8) is 0 Å². The van der Waals surface area contributed by atoms with Gasteiger partial charge in [-0.3, -0.25) is 0 Å². The van der Waals surface area contributed by atoms with Gasteiger partial charge in [-0.15, -0.1) is 0 Å². The molecule has 0 saturated heterocycles. The lowest BCUT2D eigenvalue weighted by Crippen LogP contribution is -2.26. The number of nitrogens with zero attached hydrogens (tertiary/aromatic N) is 2. The van der Waals surface area contributed by atoms with Gasteiger partial charge in [0.25, 0.3) is 0 Å². The highest BCUT2D eigenvalue weighted by Gasteiger charge is 2.13. The number of methoxy groups -OCH3 is 1. The summed E-state index contributed by atoms with van der Waals surface area (Å²) in [6, 6.07) is 0.262. The van der Waals surface area contributed by atoms with Gasteiger partial charge in [-0.05, 0) is 13.3 Å². The highest BCUT2D eigenvalue weighted by atomic mass is 16.5. The predicted molar refractivity (Wildman–Crippen MR) is 74.8 cm³/mol. The number of aryl methyl sites for hydroxylation is 1. The summed E-state index contributed by atoms with van der Waals surface area (Å²) in [7, 11) is 1.71. The van der Waals surface area contributed by atoms with Crippen LogP contribution in [0, 0.1) is 6.92 Å². The molecule has 0 aliphatic heterocycles. The predicted octanol–water partition coefficient (Wildman–Crippen LogP) is 2.16. The largest absolute Gasteiger partial charge is 0.383 e. The topological polar surface area (TPSA) is 73.1 Å². The normalized spacial score (nSPS) is 12.4. The molecule has 1 aromatic rings. The lowest BCUT2D eigenvalue weighted by atomic mass is 10.1. The molecule has 0 fully saturated rings. The zero-order valence-electron chi connectivity index (χ0n) is 11.8. The maximum absolute atomic E-state index is 5.90. The van der Waals surface area contributed by atoms with Gasteiger partial charge < -0.3 is 15.8 Å². The Morgan fingerprint density at radius 2 is 2.06 bits per heavy atom. The number of hydrogen-bond acceptors (Lipinski definition) is 5. The van der Waals surface area contributed by atoms with Crippen LogP contribution in [0.4, 0.5) is 11.6 Å².